The summed E-state index contributed by atoms with van der Waals surface area (Å²) in [5.74, 6) is 0.392. The van der Waals surface area contributed by atoms with Crippen molar-refractivity contribution in [1.82, 2.24) is 10.6 Å². The van der Waals surface area contributed by atoms with Crippen LogP contribution in [0, 0.1) is 5.92 Å². The number of rotatable bonds is 6. The van der Waals surface area contributed by atoms with E-state index in [1.807, 2.05) is 0 Å². The monoisotopic (exact) mass is 389 g/mol. The zero-order valence-electron chi connectivity index (χ0n) is 14.4. The van der Waals surface area contributed by atoms with E-state index in [0.717, 1.165) is 19.4 Å². The Morgan fingerprint density at radius 2 is 2.16 bits per heavy atom. The van der Waals surface area contributed by atoms with Gasteiger partial charge in [0.05, 0.1) is 12.8 Å². The van der Waals surface area contributed by atoms with Crippen LogP contribution in [0.1, 0.15) is 26.2 Å². The van der Waals surface area contributed by atoms with Gasteiger partial charge in [0.15, 0.2) is 0 Å². The summed E-state index contributed by atoms with van der Waals surface area (Å²) >= 11 is 5.93. The van der Waals surface area contributed by atoms with Crippen LogP contribution in [0.2, 0.25) is 5.02 Å². The van der Waals surface area contributed by atoms with Gasteiger partial charge in [-0.15, -0.1) is 12.4 Å². The van der Waals surface area contributed by atoms with Crippen molar-refractivity contribution in [3.8, 4) is 5.75 Å². The molecule has 1 aromatic carbocycles. The number of hydrogen-bond donors (Lipinski definition) is 3. The number of carbonyl (C=O) groups excluding carboxylic acids is 2. The molecule has 0 spiro atoms. The molecule has 0 radical (unpaired) electrons. The maximum absolute atomic E-state index is 12.1. The molecule has 2 rings (SSSR count). The third-order valence-electron chi connectivity index (χ3n) is 4.08. The summed E-state index contributed by atoms with van der Waals surface area (Å²) in [5.41, 5.74) is 0.522. The van der Waals surface area contributed by atoms with E-state index in [4.69, 9.17) is 16.3 Å². The van der Waals surface area contributed by atoms with Gasteiger partial charge in [0.25, 0.3) is 0 Å². The first-order chi connectivity index (χ1) is 11.5. The van der Waals surface area contributed by atoms with Crippen molar-refractivity contribution < 1.29 is 14.3 Å². The molecule has 2 amide bonds. The van der Waals surface area contributed by atoms with Gasteiger partial charge >= 0.3 is 0 Å². The molecule has 1 aromatic rings. The molecular formula is C17H25Cl2N3O3. The van der Waals surface area contributed by atoms with E-state index in [1.165, 1.54) is 7.11 Å². The number of benzene rings is 1. The molecular weight excluding hydrogens is 365 g/mol. The van der Waals surface area contributed by atoms with Gasteiger partial charge in [0.2, 0.25) is 11.8 Å². The summed E-state index contributed by atoms with van der Waals surface area (Å²) < 4.78 is 5.18. The van der Waals surface area contributed by atoms with E-state index in [9.17, 15) is 9.59 Å². The molecule has 140 valence electrons. The van der Waals surface area contributed by atoms with Gasteiger partial charge in [-0.2, -0.15) is 0 Å². The second kappa shape index (κ2) is 10.5. The molecule has 0 aliphatic carbocycles. The lowest BCUT2D eigenvalue weighted by Gasteiger charge is -2.27. The largest absolute Gasteiger partial charge is 0.495 e. The first-order valence-corrected chi connectivity index (χ1v) is 8.52. The Balaban J connectivity index is 0.00000312. The third kappa shape index (κ3) is 6.72. The highest BCUT2D eigenvalue weighted by Gasteiger charge is 2.24. The number of hydrogen-bond acceptors (Lipinski definition) is 4. The summed E-state index contributed by atoms with van der Waals surface area (Å²) in [6.07, 6.45) is 1.86. The topological polar surface area (TPSA) is 79.5 Å². The van der Waals surface area contributed by atoms with E-state index in [-0.39, 0.29) is 36.6 Å². The van der Waals surface area contributed by atoms with Crippen molar-refractivity contribution in [1.29, 1.82) is 0 Å². The van der Waals surface area contributed by atoms with Crippen LogP contribution in [-0.2, 0) is 9.59 Å². The fourth-order valence-corrected chi connectivity index (χ4v) is 2.98. The summed E-state index contributed by atoms with van der Waals surface area (Å²) in [5, 5.41) is 9.43. The average Bonchev–Trinajstić information content (AvgIpc) is 2.55. The fourth-order valence-electron chi connectivity index (χ4n) is 2.80. The van der Waals surface area contributed by atoms with Crippen molar-refractivity contribution in [3.63, 3.8) is 0 Å². The fraction of sp³-hybridized carbons (Fsp3) is 0.529. The first-order valence-electron chi connectivity index (χ1n) is 8.14. The average molecular weight is 390 g/mol. The highest BCUT2D eigenvalue weighted by molar-refractivity contribution is 6.31. The molecule has 1 saturated heterocycles. The molecule has 1 heterocycles. The maximum atomic E-state index is 12.1. The van der Waals surface area contributed by atoms with Crippen molar-refractivity contribution in [2.45, 2.75) is 32.2 Å². The highest BCUT2D eigenvalue weighted by atomic mass is 35.5. The van der Waals surface area contributed by atoms with Crippen LogP contribution in [0.15, 0.2) is 18.2 Å². The lowest BCUT2D eigenvalue weighted by molar-refractivity contribution is -0.126. The molecule has 1 aliphatic heterocycles. The Labute approximate surface area is 159 Å². The number of methoxy groups -OCH3 is 1. The van der Waals surface area contributed by atoms with Gasteiger partial charge in [-0.3, -0.25) is 9.59 Å². The Morgan fingerprint density at radius 1 is 1.40 bits per heavy atom. The molecule has 0 aromatic heterocycles. The SMILES string of the molecule is COc1ccc(Cl)cc1NC(=O)CCNC(=O)[C@H]1CCN[C@@H](C)C1.Cl. The number of ether oxygens (including phenoxy) is 1. The van der Waals surface area contributed by atoms with Gasteiger partial charge in [0.1, 0.15) is 5.75 Å². The summed E-state index contributed by atoms with van der Waals surface area (Å²) in [6.45, 7) is 3.24. The quantitative estimate of drug-likeness (QED) is 0.698. The zero-order chi connectivity index (χ0) is 17.5. The molecule has 6 nitrogen and oxygen atoms in total. The highest BCUT2D eigenvalue weighted by Crippen LogP contribution is 2.27. The lowest BCUT2D eigenvalue weighted by Crippen LogP contribution is -2.42. The zero-order valence-corrected chi connectivity index (χ0v) is 16.0. The summed E-state index contributed by atoms with van der Waals surface area (Å²) in [4.78, 5) is 24.2. The van der Waals surface area contributed by atoms with Gasteiger partial charge in [-0.1, -0.05) is 11.6 Å². The van der Waals surface area contributed by atoms with Crippen LogP contribution in [0.25, 0.3) is 0 Å². The molecule has 0 bridgehead atoms. The van der Waals surface area contributed by atoms with E-state index in [2.05, 4.69) is 22.9 Å². The van der Waals surface area contributed by atoms with Crippen LogP contribution in [0.3, 0.4) is 0 Å². The van der Waals surface area contributed by atoms with E-state index < -0.39 is 0 Å². The normalized spacial score (nSPS) is 19.5. The summed E-state index contributed by atoms with van der Waals surface area (Å²) in [6, 6.07) is 5.37. The number of halogens is 2. The van der Waals surface area contributed by atoms with Crippen molar-refractivity contribution >= 4 is 41.5 Å². The minimum Gasteiger partial charge on any atom is -0.495 e. The molecule has 1 fully saturated rings. The standard InChI is InChI=1S/C17H24ClN3O3.ClH/c1-11-9-12(5-7-19-11)17(23)20-8-6-16(22)21-14-10-13(18)3-4-15(14)24-2;/h3-4,10-12,19H,5-9H2,1-2H3,(H,20,23)(H,21,22);1H/t11-,12-;/m0./s1. The maximum Gasteiger partial charge on any atom is 0.226 e. The Bertz CT molecular complexity index is 599. The molecule has 3 N–H and O–H groups in total. The predicted molar refractivity (Wildman–Crippen MR) is 102 cm³/mol. The van der Waals surface area contributed by atoms with Crippen LogP contribution < -0.4 is 20.7 Å². The number of carbonyl (C=O) groups is 2. The second-order valence-corrected chi connectivity index (χ2v) is 6.45. The Hall–Kier alpha value is -1.50. The smallest absolute Gasteiger partial charge is 0.226 e. The second-order valence-electron chi connectivity index (χ2n) is 6.01. The minimum absolute atomic E-state index is 0. The molecule has 0 unspecified atom stereocenters. The number of nitrogens with one attached hydrogen (secondary N) is 3. The van der Waals surface area contributed by atoms with Crippen molar-refractivity contribution in [3.05, 3.63) is 23.2 Å². The number of anilines is 1. The van der Waals surface area contributed by atoms with E-state index in [1.54, 1.807) is 18.2 Å². The van der Waals surface area contributed by atoms with Gasteiger partial charge in [0, 0.05) is 29.9 Å². The number of amides is 2. The number of piperidine rings is 1. The molecule has 2 atom stereocenters. The lowest BCUT2D eigenvalue weighted by atomic mass is 9.92. The summed E-state index contributed by atoms with van der Waals surface area (Å²) in [7, 11) is 1.53. The first kappa shape index (κ1) is 21.5. The molecule has 25 heavy (non-hydrogen) atoms. The van der Waals surface area contributed by atoms with Crippen LogP contribution in [0.4, 0.5) is 5.69 Å². The predicted octanol–water partition coefficient (Wildman–Crippen LogP) is 2.60. The van der Waals surface area contributed by atoms with Crippen LogP contribution in [-0.4, -0.2) is 38.1 Å². The van der Waals surface area contributed by atoms with E-state index >= 15 is 0 Å². The molecule has 1 aliphatic rings. The molecule has 8 heteroatoms. The Morgan fingerprint density at radius 3 is 2.84 bits per heavy atom. The minimum atomic E-state index is -0.199. The van der Waals surface area contributed by atoms with Gasteiger partial charge in [-0.05, 0) is 44.5 Å². The van der Waals surface area contributed by atoms with Gasteiger partial charge in [-0.25, -0.2) is 0 Å². The van der Waals surface area contributed by atoms with Crippen molar-refractivity contribution in [2.24, 2.45) is 5.92 Å². The van der Waals surface area contributed by atoms with Crippen molar-refractivity contribution in [2.75, 3.05) is 25.5 Å². The third-order valence-corrected chi connectivity index (χ3v) is 4.32. The van der Waals surface area contributed by atoms with Crippen LogP contribution >= 0.6 is 24.0 Å². The van der Waals surface area contributed by atoms with E-state index in [0.29, 0.717) is 29.0 Å². The van der Waals surface area contributed by atoms with Crippen LogP contribution in [0.5, 0.6) is 5.75 Å². The molecule has 0 saturated carbocycles. The van der Waals surface area contributed by atoms with Gasteiger partial charge < -0.3 is 20.7 Å². The Kier molecular flexibility index (Phi) is 9.03.